The highest BCUT2D eigenvalue weighted by atomic mass is 16.1. The molecule has 0 aliphatic carbocycles. The van der Waals surface area contributed by atoms with Gasteiger partial charge in [0.25, 0.3) is 5.91 Å². The molecule has 0 radical (unpaired) electrons. The minimum absolute atomic E-state index is 0.211. The standard InChI is InChI=1S/C8H7N3O/c1-2-4-10-8(12)7-3-5-9-6-11-7/h1,3,5-6H,4H2,(H,10,12). The van der Waals surface area contributed by atoms with Crippen LogP contribution in [0.15, 0.2) is 18.6 Å². The Balaban J connectivity index is 2.61. The molecular weight excluding hydrogens is 154 g/mol. The quantitative estimate of drug-likeness (QED) is 0.613. The van der Waals surface area contributed by atoms with Gasteiger partial charge in [-0.15, -0.1) is 6.42 Å². The largest absolute Gasteiger partial charge is 0.340 e. The van der Waals surface area contributed by atoms with Gasteiger partial charge in [-0.05, 0) is 6.07 Å². The van der Waals surface area contributed by atoms with E-state index in [4.69, 9.17) is 6.42 Å². The summed E-state index contributed by atoms with van der Waals surface area (Å²) in [5.74, 6) is 2.01. The number of carbonyl (C=O) groups excluding carboxylic acids is 1. The van der Waals surface area contributed by atoms with Gasteiger partial charge in [0.2, 0.25) is 0 Å². The monoisotopic (exact) mass is 161 g/mol. The van der Waals surface area contributed by atoms with Gasteiger partial charge in [-0.2, -0.15) is 0 Å². The molecule has 0 aliphatic rings. The van der Waals surface area contributed by atoms with Crippen LogP contribution in [0.1, 0.15) is 10.5 Å². The van der Waals surface area contributed by atoms with Gasteiger partial charge in [-0.3, -0.25) is 4.79 Å². The average Bonchev–Trinajstić information content (AvgIpc) is 2.15. The molecule has 0 atom stereocenters. The zero-order valence-corrected chi connectivity index (χ0v) is 6.32. The van der Waals surface area contributed by atoms with Crippen molar-refractivity contribution in [2.45, 2.75) is 0 Å². The summed E-state index contributed by atoms with van der Waals surface area (Å²) in [6.45, 7) is 0.211. The maximum Gasteiger partial charge on any atom is 0.270 e. The summed E-state index contributed by atoms with van der Waals surface area (Å²) in [6, 6.07) is 1.52. The summed E-state index contributed by atoms with van der Waals surface area (Å²) in [5.41, 5.74) is 0.320. The van der Waals surface area contributed by atoms with Crippen LogP contribution in [-0.2, 0) is 0 Å². The molecule has 1 amide bonds. The second-order valence-corrected chi connectivity index (χ2v) is 1.98. The van der Waals surface area contributed by atoms with E-state index in [0.29, 0.717) is 5.69 Å². The summed E-state index contributed by atoms with van der Waals surface area (Å²) in [6.07, 6.45) is 7.77. The van der Waals surface area contributed by atoms with E-state index in [1.54, 1.807) is 0 Å². The van der Waals surface area contributed by atoms with Crippen molar-refractivity contribution in [3.8, 4) is 12.3 Å². The van der Waals surface area contributed by atoms with E-state index < -0.39 is 0 Å². The van der Waals surface area contributed by atoms with E-state index in [1.165, 1.54) is 18.6 Å². The Labute approximate surface area is 70.0 Å². The second kappa shape index (κ2) is 4.09. The molecule has 0 aliphatic heterocycles. The molecule has 0 bridgehead atoms. The molecule has 0 saturated heterocycles. The molecule has 1 aromatic heterocycles. The summed E-state index contributed by atoms with van der Waals surface area (Å²) in [4.78, 5) is 18.5. The van der Waals surface area contributed by atoms with Crippen LogP contribution in [0.2, 0.25) is 0 Å². The molecule has 60 valence electrons. The lowest BCUT2D eigenvalue weighted by Gasteiger charge is -1.97. The summed E-state index contributed by atoms with van der Waals surface area (Å²) in [7, 11) is 0. The van der Waals surface area contributed by atoms with E-state index in [0.717, 1.165) is 0 Å². The van der Waals surface area contributed by atoms with Gasteiger partial charge in [-0.25, -0.2) is 9.97 Å². The van der Waals surface area contributed by atoms with Crippen LogP contribution < -0.4 is 5.32 Å². The lowest BCUT2D eigenvalue weighted by atomic mass is 10.4. The van der Waals surface area contributed by atoms with Crippen LogP contribution in [0.5, 0.6) is 0 Å². The van der Waals surface area contributed by atoms with E-state index in [2.05, 4.69) is 21.2 Å². The van der Waals surface area contributed by atoms with Gasteiger partial charge in [0, 0.05) is 6.20 Å². The maximum absolute atomic E-state index is 11.1. The van der Waals surface area contributed by atoms with Crippen molar-refractivity contribution in [2.75, 3.05) is 6.54 Å². The van der Waals surface area contributed by atoms with E-state index in [9.17, 15) is 4.79 Å². The van der Waals surface area contributed by atoms with E-state index in [1.807, 2.05) is 0 Å². The van der Waals surface area contributed by atoms with Gasteiger partial charge < -0.3 is 5.32 Å². The van der Waals surface area contributed by atoms with Crippen molar-refractivity contribution in [1.29, 1.82) is 0 Å². The Hall–Kier alpha value is -1.89. The molecule has 12 heavy (non-hydrogen) atoms. The zero-order valence-electron chi connectivity index (χ0n) is 6.32. The normalized spacial score (nSPS) is 8.58. The minimum Gasteiger partial charge on any atom is -0.340 e. The minimum atomic E-state index is -0.282. The fourth-order valence-corrected chi connectivity index (χ4v) is 0.647. The predicted molar refractivity (Wildman–Crippen MR) is 43.2 cm³/mol. The Kier molecular flexibility index (Phi) is 2.79. The highest BCUT2D eigenvalue weighted by molar-refractivity contribution is 5.92. The van der Waals surface area contributed by atoms with Crippen LogP contribution in [-0.4, -0.2) is 22.4 Å². The molecule has 0 unspecified atom stereocenters. The molecule has 0 aromatic carbocycles. The first kappa shape index (κ1) is 8.21. The first-order valence-electron chi connectivity index (χ1n) is 3.32. The fraction of sp³-hybridized carbons (Fsp3) is 0.125. The number of nitrogens with zero attached hydrogens (tertiary/aromatic N) is 2. The zero-order chi connectivity index (χ0) is 8.81. The van der Waals surface area contributed by atoms with Crippen LogP contribution in [0, 0.1) is 12.3 Å². The third-order valence-electron chi connectivity index (χ3n) is 1.17. The Morgan fingerprint density at radius 2 is 2.58 bits per heavy atom. The second-order valence-electron chi connectivity index (χ2n) is 1.98. The molecule has 0 fully saturated rings. The van der Waals surface area contributed by atoms with Crippen LogP contribution in [0.4, 0.5) is 0 Å². The van der Waals surface area contributed by atoms with Crippen molar-refractivity contribution in [3.63, 3.8) is 0 Å². The summed E-state index contributed by atoms with van der Waals surface area (Å²) < 4.78 is 0. The number of amides is 1. The number of terminal acetylenes is 1. The van der Waals surface area contributed by atoms with Crippen molar-refractivity contribution >= 4 is 5.91 Å². The lowest BCUT2D eigenvalue weighted by molar-refractivity contribution is 0.0953. The first-order chi connectivity index (χ1) is 5.84. The Morgan fingerprint density at radius 1 is 1.75 bits per heavy atom. The molecule has 1 aromatic rings. The SMILES string of the molecule is C#CCNC(=O)c1ccncn1. The van der Waals surface area contributed by atoms with Gasteiger partial charge in [-0.1, -0.05) is 5.92 Å². The fourth-order valence-electron chi connectivity index (χ4n) is 0.647. The van der Waals surface area contributed by atoms with Crippen LogP contribution >= 0.6 is 0 Å². The number of hydrogen-bond acceptors (Lipinski definition) is 3. The number of rotatable bonds is 2. The topological polar surface area (TPSA) is 54.9 Å². The molecule has 1 N–H and O–H groups in total. The molecule has 0 spiro atoms. The van der Waals surface area contributed by atoms with Gasteiger partial charge >= 0.3 is 0 Å². The van der Waals surface area contributed by atoms with E-state index in [-0.39, 0.29) is 12.5 Å². The van der Waals surface area contributed by atoms with Crippen molar-refractivity contribution in [1.82, 2.24) is 15.3 Å². The molecule has 4 nitrogen and oxygen atoms in total. The predicted octanol–water partition coefficient (Wildman–Crippen LogP) is -0.160. The number of aromatic nitrogens is 2. The van der Waals surface area contributed by atoms with Crippen molar-refractivity contribution in [2.24, 2.45) is 0 Å². The number of hydrogen-bond donors (Lipinski definition) is 1. The third kappa shape index (κ3) is 2.06. The smallest absolute Gasteiger partial charge is 0.270 e. The molecule has 1 rings (SSSR count). The maximum atomic E-state index is 11.1. The lowest BCUT2D eigenvalue weighted by Crippen LogP contribution is -2.24. The van der Waals surface area contributed by atoms with Crippen LogP contribution in [0.25, 0.3) is 0 Å². The Morgan fingerprint density at radius 3 is 3.17 bits per heavy atom. The third-order valence-corrected chi connectivity index (χ3v) is 1.17. The summed E-state index contributed by atoms with van der Waals surface area (Å²) in [5, 5.41) is 2.48. The highest BCUT2D eigenvalue weighted by Gasteiger charge is 2.03. The van der Waals surface area contributed by atoms with Gasteiger partial charge in [0.05, 0.1) is 6.54 Å². The number of carbonyl (C=O) groups is 1. The van der Waals surface area contributed by atoms with E-state index >= 15 is 0 Å². The molecule has 0 saturated carbocycles. The van der Waals surface area contributed by atoms with Crippen LogP contribution in [0.3, 0.4) is 0 Å². The number of nitrogens with one attached hydrogen (secondary N) is 1. The van der Waals surface area contributed by atoms with Crippen molar-refractivity contribution < 1.29 is 4.79 Å². The van der Waals surface area contributed by atoms with Gasteiger partial charge in [0.15, 0.2) is 0 Å². The first-order valence-corrected chi connectivity index (χ1v) is 3.32. The van der Waals surface area contributed by atoms with Gasteiger partial charge in [0.1, 0.15) is 12.0 Å². The molecule has 4 heteroatoms. The Bertz CT molecular complexity index is 302. The molecule has 1 heterocycles. The average molecular weight is 161 g/mol. The molecular formula is C8H7N3O. The summed E-state index contributed by atoms with van der Waals surface area (Å²) >= 11 is 0. The van der Waals surface area contributed by atoms with Crippen molar-refractivity contribution in [3.05, 3.63) is 24.3 Å². The highest BCUT2D eigenvalue weighted by Crippen LogP contribution is 1.88.